The fourth-order valence-electron chi connectivity index (χ4n) is 2.96. The van der Waals surface area contributed by atoms with Crippen LogP contribution in [0.5, 0.6) is 0 Å². The van der Waals surface area contributed by atoms with Crippen LogP contribution < -0.4 is 16.2 Å². The maximum absolute atomic E-state index is 11.8. The molecular weight excluding hydrogens is 348 g/mol. The number of nitrogens with zero attached hydrogens (tertiary/aromatic N) is 2. The summed E-state index contributed by atoms with van der Waals surface area (Å²) in [6.45, 7) is 4.08. The Morgan fingerprint density at radius 1 is 0.893 bits per heavy atom. The van der Waals surface area contributed by atoms with E-state index in [0.29, 0.717) is 13.1 Å². The largest absolute Gasteiger partial charge is 0.352 e. The minimum Gasteiger partial charge on any atom is -0.352 e. The Balaban J connectivity index is 1.52. The molecule has 28 heavy (non-hydrogen) atoms. The van der Waals surface area contributed by atoms with Crippen molar-refractivity contribution in [2.45, 2.75) is 26.6 Å². The molecule has 0 unspecified atom stereocenters. The summed E-state index contributed by atoms with van der Waals surface area (Å²) in [5.74, 6) is 0.765. The Bertz CT molecular complexity index is 990. The third-order valence-corrected chi connectivity index (χ3v) is 4.50. The summed E-state index contributed by atoms with van der Waals surface area (Å²) < 4.78 is 1.70. The summed E-state index contributed by atoms with van der Waals surface area (Å²) in [7, 11) is 1.77. The first-order chi connectivity index (χ1) is 13.6. The van der Waals surface area contributed by atoms with Crippen LogP contribution in [0, 0.1) is 6.92 Å². The van der Waals surface area contributed by atoms with Crippen LogP contribution in [-0.2, 0) is 19.6 Å². The molecule has 0 aliphatic carbocycles. The summed E-state index contributed by atoms with van der Waals surface area (Å²) in [6.07, 6.45) is 1.81. The number of nitrogens with one attached hydrogen (secondary N) is 2. The van der Waals surface area contributed by atoms with E-state index in [-0.39, 0.29) is 5.56 Å². The van der Waals surface area contributed by atoms with Crippen molar-refractivity contribution in [2.75, 3.05) is 7.05 Å². The first-order valence-electron chi connectivity index (χ1n) is 9.37. The van der Waals surface area contributed by atoms with Crippen LogP contribution in [0.1, 0.15) is 22.3 Å². The maximum Gasteiger partial charge on any atom is 0.250 e. The van der Waals surface area contributed by atoms with Crippen LogP contribution in [0.15, 0.2) is 82.7 Å². The van der Waals surface area contributed by atoms with E-state index in [9.17, 15) is 4.79 Å². The monoisotopic (exact) mass is 374 g/mol. The van der Waals surface area contributed by atoms with Gasteiger partial charge in [0.1, 0.15) is 0 Å². The molecule has 0 spiro atoms. The zero-order chi connectivity index (χ0) is 19.8. The molecule has 5 heteroatoms. The molecule has 3 rings (SSSR count). The summed E-state index contributed by atoms with van der Waals surface area (Å²) in [4.78, 5) is 16.1. The predicted molar refractivity (Wildman–Crippen MR) is 114 cm³/mol. The quantitative estimate of drug-likeness (QED) is 0.515. The van der Waals surface area contributed by atoms with E-state index in [1.165, 1.54) is 11.1 Å². The van der Waals surface area contributed by atoms with Gasteiger partial charge in [-0.15, -0.1) is 0 Å². The lowest BCUT2D eigenvalue weighted by Gasteiger charge is -2.13. The van der Waals surface area contributed by atoms with E-state index < -0.39 is 0 Å². The summed E-state index contributed by atoms with van der Waals surface area (Å²) in [5, 5.41) is 6.67. The Morgan fingerprint density at radius 3 is 2.29 bits per heavy atom. The van der Waals surface area contributed by atoms with Crippen LogP contribution in [0.4, 0.5) is 0 Å². The lowest BCUT2D eigenvalue weighted by Crippen LogP contribution is -2.36. The summed E-state index contributed by atoms with van der Waals surface area (Å²) >= 11 is 0. The van der Waals surface area contributed by atoms with Gasteiger partial charge in [-0.05, 0) is 29.7 Å². The molecule has 0 fully saturated rings. The standard InChI is InChI=1S/C23H26N4O/c1-18-6-5-7-21(14-18)16-26-23(24-2)25-15-19-9-11-20(12-10-19)17-27-13-4-3-8-22(27)28/h3-14H,15-17H2,1-2H3,(H2,24,25,26). The lowest BCUT2D eigenvalue weighted by molar-refractivity contribution is 0.758. The van der Waals surface area contributed by atoms with Gasteiger partial charge in [-0.2, -0.15) is 0 Å². The van der Waals surface area contributed by atoms with Gasteiger partial charge in [-0.1, -0.05) is 60.2 Å². The van der Waals surface area contributed by atoms with E-state index in [1.54, 1.807) is 23.7 Å². The van der Waals surface area contributed by atoms with Crippen molar-refractivity contribution >= 4 is 5.96 Å². The molecule has 2 N–H and O–H groups in total. The van der Waals surface area contributed by atoms with Gasteiger partial charge < -0.3 is 15.2 Å². The first kappa shape index (κ1) is 19.4. The van der Waals surface area contributed by atoms with Crippen molar-refractivity contribution in [3.8, 4) is 0 Å². The highest BCUT2D eigenvalue weighted by Crippen LogP contribution is 2.06. The average molecular weight is 374 g/mol. The van der Waals surface area contributed by atoms with Gasteiger partial charge in [0, 0.05) is 32.4 Å². The zero-order valence-corrected chi connectivity index (χ0v) is 16.4. The number of guanidine groups is 1. The summed E-state index contributed by atoms with van der Waals surface area (Å²) in [6, 6.07) is 21.9. The molecule has 0 radical (unpaired) electrons. The van der Waals surface area contributed by atoms with E-state index >= 15 is 0 Å². The molecule has 0 atom stereocenters. The number of aryl methyl sites for hydroxylation is 1. The number of hydrogen-bond donors (Lipinski definition) is 2. The number of hydrogen-bond acceptors (Lipinski definition) is 2. The molecule has 2 aromatic carbocycles. The number of aliphatic imine (C=N–C) groups is 1. The molecule has 0 aliphatic rings. The first-order valence-corrected chi connectivity index (χ1v) is 9.37. The molecule has 1 aromatic heterocycles. The lowest BCUT2D eigenvalue weighted by atomic mass is 10.1. The molecule has 3 aromatic rings. The van der Waals surface area contributed by atoms with Crippen molar-refractivity contribution in [2.24, 2.45) is 4.99 Å². The third kappa shape index (κ3) is 5.58. The third-order valence-electron chi connectivity index (χ3n) is 4.50. The zero-order valence-electron chi connectivity index (χ0n) is 16.4. The highest BCUT2D eigenvalue weighted by molar-refractivity contribution is 5.79. The second-order valence-corrected chi connectivity index (χ2v) is 6.75. The normalized spacial score (nSPS) is 11.3. The van der Waals surface area contributed by atoms with Crippen LogP contribution >= 0.6 is 0 Å². The minimum absolute atomic E-state index is 0.0109. The fraction of sp³-hybridized carbons (Fsp3) is 0.217. The average Bonchev–Trinajstić information content (AvgIpc) is 2.71. The van der Waals surface area contributed by atoms with Crippen molar-refractivity contribution in [1.29, 1.82) is 0 Å². The molecular formula is C23H26N4O. The van der Waals surface area contributed by atoms with Gasteiger partial charge in [0.05, 0.1) is 6.54 Å². The second kappa shape index (κ2) is 9.55. The highest BCUT2D eigenvalue weighted by Gasteiger charge is 2.01. The SMILES string of the molecule is CN=C(NCc1ccc(Cn2ccccc2=O)cc1)NCc1cccc(C)c1. The van der Waals surface area contributed by atoms with E-state index in [2.05, 4.69) is 71.1 Å². The second-order valence-electron chi connectivity index (χ2n) is 6.75. The molecule has 144 valence electrons. The molecule has 0 aliphatic heterocycles. The Kier molecular flexibility index (Phi) is 6.63. The maximum atomic E-state index is 11.8. The Hall–Kier alpha value is -3.34. The molecule has 1 heterocycles. The fourth-order valence-corrected chi connectivity index (χ4v) is 2.96. The molecule has 0 saturated carbocycles. The minimum atomic E-state index is 0.0109. The van der Waals surface area contributed by atoms with Crippen molar-refractivity contribution in [1.82, 2.24) is 15.2 Å². The molecule has 0 amide bonds. The van der Waals surface area contributed by atoms with Crippen molar-refractivity contribution < 1.29 is 0 Å². The Labute approximate surface area is 165 Å². The molecule has 0 bridgehead atoms. The van der Waals surface area contributed by atoms with Gasteiger partial charge in [0.2, 0.25) is 0 Å². The van der Waals surface area contributed by atoms with Crippen LogP contribution in [0.25, 0.3) is 0 Å². The number of pyridine rings is 1. The number of aromatic nitrogens is 1. The topological polar surface area (TPSA) is 58.4 Å². The van der Waals surface area contributed by atoms with E-state index in [0.717, 1.165) is 23.6 Å². The number of benzene rings is 2. The van der Waals surface area contributed by atoms with Crippen LogP contribution in [-0.4, -0.2) is 17.6 Å². The Morgan fingerprint density at radius 2 is 1.61 bits per heavy atom. The van der Waals surface area contributed by atoms with Crippen molar-refractivity contribution in [3.63, 3.8) is 0 Å². The van der Waals surface area contributed by atoms with E-state index in [1.807, 2.05) is 12.3 Å². The van der Waals surface area contributed by atoms with E-state index in [4.69, 9.17) is 0 Å². The van der Waals surface area contributed by atoms with Gasteiger partial charge in [-0.25, -0.2) is 0 Å². The van der Waals surface area contributed by atoms with Crippen LogP contribution in [0.2, 0.25) is 0 Å². The smallest absolute Gasteiger partial charge is 0.250 e. The van der Waals surface area contributed by atoms with Crippen molar-refractivity contribution in [3.05, 3.63) is 106 Å². The van der Waals surface area contributed by atoms with Gasteiger partial charge >= 0.3 is 0 Å². The van der Waals surface area contributed by atoms with Crippen LogP contribution in [0.3, 0.4) is 0 Å². The van der Waals surface area contributed by atoms with Gasteiger partial charge in [0.25, 0.3) is 5.56 Å². The molecule has 0 saturated heterocycles. The summed E-state index contributed by atoms with van der Waals surface area (Å²) in [5.41, 5.74) is 4.74. The van der Waals surface area contributed by atoms with Gasteiger partial charge in [0.15, 0.2) is 5.96 Å². The molecule has 5 nitrogen and oxygen atoms in total. The van der Waals surface area contributed by atoms with Gasteiger partial charge in [-0.3, -0.25) is 9.79 Å². The highest BCUT2D eigenvalue weighted by atomic mass is 16.1. The predicted octanol–water partition coefficient (Wildman–Crippen LogP) is 3.07. The number of rotatable bonds is 6.